The van der Waals surface area contributed by atoms with Gasteiger partial charge in [-0.25, -0.2) is 0 Å². The van der Waals surface area contributed by atoms with Crippen molar-refractivity contribution in [2.24, 2.45) is 0 Å². The molecule has 0 radical (unpaired) electrons. The topological polar surface area (TPSA) is 29.5 Å². The van der Waals surface area contributed by atoms with Gasteiger partial charge in [-0.3, -0.25) is 0 Å². The van der Waals surface area contributed by atoms with Crippen LogP contribution in [0.25, 0.3) is 0 Å². The monoisotopic (exact) mass is 248 g/mol. The number of hydrogen-bond acceptors (Lipinski definition) is 2. The number of benzene rings is 1. The lowest BCUT2D eigenvalue weighted by Crippen LogP contribution is -2.02. The highest BCUT2D eigenvalue weighted by Gasteiger charge is 2.08. The van der Waals surface area contributed by atoms with E-state index in [4.69, 9.17) is 4.74 Å². The molecule has 2 heteroatoms. The third-order valence-electron chi connectivity index (χ3n) is 2.93. The minimum atomic E-state index is -0.485. The van der Waals surface area contributed by atoms with E-state index < -0.39 is 6.10 Å². The summed E-state index contributed by atoms with van der Waals surface area (Å²) in [5.41, 5.74) is 2.02. The summed E-state index contributed by atoms with van der Waals surface area (Å²) in [6.45, 7) is 8.21. The zero-order chi connectivity index (χ0) is 13.4. The molecular formula is C16H24O2. The number of allylic oxidation sites excluding steroid dienone is 1. The first-order valence-corrected chi connectivity index (χ1v) is 6.67. The molecule has 0 saturated heterocycles. The highest BCUT2D eigenvalue weighted by Crippen LogP contribution is 2.26. The number of aliphatic hydroxyl groups is 1. The Balaban J connectivity index is 2.45. The Morgan fingerprint density at radius 1 is 1.33 bits per heavy atom. The minimum absolute atomic E-state index is 0.485. The van der Waals surface area contributed by atoms with Gasteiger partial charge in [0.1, 0.15) is 5.75 Å². The van der Waals surface area contributed by atoms with Crippen molar-refractivity contribution < 1.29 is 9.84 Å². The van der Waals surface area contributed by atoms with E-state index in [0.29, 0.717) is 6.61 Å². The van der Waals surface area contributed by atoms with Crippen molar-refractivity contribution in [2.45, 2.75) is 45.6 Å². The van der Waals surface area contributed by atoms with Gasteiger partial charge in [0.25, 0.3) is 0 Å². The molecule has 0 heterocycles. The predicted octanol–water partition coefficient (Wildman–Crippen LogP) is 4.17. The molecule has 1 N–H and O–H groups in total. The summed E-state index contributed by atoms with van der Waals surface area (Å²) in [4.78, 5) is 0. The summed E-state index contributed by atoms with van der Waals surface area (Å²) in [6, 6.07) is 5.93. The summed E-state index contributed by atoms with van der Waals surface area (Å²) < 4.78 is 5.77. The fraction of sp³-hybridized carbons (Fsp3) is 0.500. The summed E-state index contributed by atoms with van der Waals surface area (Å²) in [6.07, 6.45) is 5.91. The second-order valence-corrected chi connectivity index (χ2v) is 4.70. The summed E-state index contributed by atoms with van der Waals surface area (Å²) in [5.74, 6) is 0.814. The molecule has 0 saturated carbocycles. The van der Waals surface area contributed by atoms with Gasteiger partial charge in [0.05, 0.1) is 12.7 Å². The maximum absolute atomic E-state index is 9.68. The predicted molar refractivity (Wildman–Crippen MR) is 76.0 cm³/mol. The van der Waals surface area contributed by atoms with Crippen LogP contribution in [0.3, 0.4) is 0 Å². The molecule has 100 valence electrons. The van der Waals surface area contributed by atoms with Crippen LogP contribution in [-0.2, 0) is 0 Å². The third kappa shape index (κ3) is 4.92. The van der Waals surface area contributed by atoms with Crippen molar-refractivity contribution in [3.63, 3.8) is 0 Å². The van der Waals surface area contributed by atoms with Crippen molar-refractivity contribution in [1.29, 1.82) is 0 Å². The second kappa shape index (κ2) is 7.93. The number of aliphatic hydroxyl groups excluding tert-OH is 1. The van der Waals surface area contributed by atoms with Crippen molar-refractivity contribution in [1.82, 2.24) is 0 Å². The van der Waals surface area contributed by atoms with E-state index in [0.717, 1.165) is 36.1 Å². The molecule has 0 aliphatic carbocycles. The zero-order valence-corrected chi connectivity index (χ0v) is 11.5. The molecular weight excluding hydrogens is 224 g/mol. The van der Waals surface area contributed by atoms with Gasteiger partial charge < -0.3 is 9.84 Å². The van der Waals surface area contributed by atoms with E-state index in [-0.39, 0.29) is 0 Å². The Morgan fingerprint density at radius 3 is 2.78 bits per heavy atom. The van der Waals surface area contributed by atoms with Crippen molar-refractivity contribution in [3.8, 4) is 5.75 Å². The van der Waals surface area contributed by atoms with Crippen LogP contribution in [0.15, 0.2) is 30.9 Å². The SMILES string of the molecule is C=CCCCCCOc1cc(C)ccc1C(C)O. The molecule has 0 aliphatic rings. The van der Waals surface area contributed by atoms with Crippen molar-refractivity contribution >= 4 is 0 Å². The van der Waals surface area contributed by atoms with Gasteiger partial charge in [-0.15, -0.1) is 6.58 Å². The molecule has 0 amide bonds. The molecule has 0 spiro atoms. The van der Waals surface area contributed by atoms with Crippen LogP contribution >= 0.6 is 0 Å². The van der Waals surface area contributed by atoms with Gasteiger partial charge in [-0.05, 0) is 51.2 Å². The lowest BCUT2D eigenvalue weighted by atomic mass is 10.1. The molecule has 0 fully saturated rings. The molecule has 1 atom stereocenters. The Kier molecular flexibility index (Phi) is 6.51. The number of unbranched alkanes of at least 4 members (excludes halogenated alkanes) is 3. The first-order chi connectivity index (χ1) is 8.65. The Hall–Kier alpha value is -1.28. The minimum Gasteiger partial charge on any atom is -0.493 e. The highest BCUT2D eigenvalue weighted by atomic mass is 16.5. The molecule has 0 bridgehead atoms. The first kappa shape index (κ1) is 14.8. The number of ether oxygens (including phenoxy) is 1. The van der Waals surface area contributed by atoms with E-state index in [1.54, 1.807) is 6.92 Å². The van der Waals surface area contributed by atoms with Crippen LogP contribution in [0.5, 0.6) is 5.75 Å². The largest absolute Gasteiger partial charge is 0.493 e. The quantitative estimate of drug-likeness (QED) is 0.552. The Bertz CT molecular complexity index is 369. The normalized spacial score (nSPS) is 12.2. The van der Waals surface area contributed by atoms with Gasteiger partial charge in [0.2, 0.25) is 0 Å². The van der Waals surface area contributed by atoms with E-state index in [9.17, 15) is 5.11 Å². The van der Waals surface area contributed by atoms with Crippen molar-refractivity contribution in [3.05, 3.63) is 42.0 Å². The smallest absolute Gasteiger partial charge is 0.125 e. The van der Waals surface area contributed by atoms with Crippen LogP contribution < -0.4 is 4.74 Å². The lowest BCUT2D eigenvalue weighted by Gasteiger charge is -2.14. The van der Waals surface area contributed by atoms with Gasteiger partial charge in [0, 0.05) is 5.56 Å². The van der Waals surface area contributed by atoms with Crippen LogP contribution in [0.1, 0.15) is 49.8 Å². The Morgan fingerprint density at radius 2 is 2.11 bits per heavy atom. The first-order valence-electron chi connectivity index (χ1n) is 6.67. The van der Waals surface area contributed by atoms with Crippen LogP contribution in [-0.4, -0.2) is 11.7 Å². The van der Waals surface area contributed by atoms with Crippen LogP contribution in [0.2, 0.25) is 0 Å². The van der Waals surface area contributed by atoms with Gasteiger partial charge in [-0.2, -0.15) is 0 Å². The fourth-order valence-corrected chi connectivity index (χ4v) is 1.86. The van der Waals surface area contributed by atoms with Crippen LogP contribution in [0.4, 0.5) is 0 Å². The standard InChI is InChI=1S/C16H24O2/c1-4-5-6-7-8-11-18-16-12-13(2)9-10-15(16)14(3)17/h4,9-10,12,14,17H,1,5-8,11H2,2-3H3. The van der Waals surface area contributed by atoms with E-state index in [1.165, 1.54) is 6.42 Å². The second-order valence-electron chi connectivity index (χ2n) is 4.70. The molecule has 1 rings (SSSR count). The van der Waals surface area contributed by atoms with Crippen molar-refractivity contribution in [2.75, 3.05) is 6.61 Å². The maximum Gasteiger partial charge on any atom is 0.125 e. The summed E-state index contributed by atoms with van der Waals surface area (Å²) >= 11 is 0. The third-order valence-corrected chi connectivity index (χ3v) is 2.93. The van der Waals surface area contributed by atoms with E-state index in [2.05, 4.69) is 6.58 Å². The highest BCUT2D eigenvalue weighted by molar-refractivity contribution is 5.38. The average Bonchev–Trinajstić information content (AvgIpc) is 2.33. The number of hydrogen-bond donors (Lipinski definition) is 1. The van der Waals surface area contributed by atoms with E-state index >= 15 is 0 Å². The number of aryl methyl sites for hydroxylation is 1. The molecule has 1 aromatic rings. The van der Waals surface area contributed by atoms with E-state index in [1.807, 2.05) is 31.2 Å². The molecule has 2 nitrogen and oxygen atoms in total. The summed E-state index contributed by atoms with van der Waals surface area (Å²) in [7, 11) is 0. The number of rotatable bonds is 8. The zero-order valence-electron chi connectivity index (χ0n) is 11.5. The Labute approximate surface area is 110 Å². The lowest BCUT2D eigenvalue weighted by molar-refractivity contribution is 0.190. The summed E-state index contributed by atoms with van der Waals surface area (Å²) in [5, 5.41) is 9.68. The molecule has 18 heavy (non-hydrogen) atoms. The molecule has 0 aliphatic heterocycles. The molecule has 1 unspecified atom stereocenters. The molecule has 1 aromatic carbocycles. The van der Waals surface area contributed by atoms with Gasteiger partial charge in [0.15, 0.2) is 0 Å². The van der Waals surface area contributed by atoms with Gasteiger partial charge in [-0.1, -0.05) is 18.2 Å². The molecule has 0 aromatic heterocycles. The fourth-order valence-electron chi connectivity index (χ4n) is 1.86. The van der Waals surface area contributed by atoms with Gasteiger partial charge >= 0.3 is 0 Å². The van der Waals surface area contributed by atoms with Crippen LogP contribution in [0, 0.1) is 6.92 Å². The maximum atomic E-state index is 9.68. The average molecular weight is 248 g/mol.